The number of nitrogens with one attached hydrogen (secondary N) is 1. The molecule has 0 fully saturated rings. The summed E-state index contributed by atoms with van der Waals surface area (Å²) in [5.41, 5.74) is 0.0216. The number of hydrogen-bond donors (Lipinski definition) is 2. The molecule has 0 radical (unpaired) electrons. The van der Waals surface area contributed by atoms with Gasteiger partial charge in [0.25, 0.3) is 5.91 Å². The van der Waals surface area contributed by atoms with Crippen molar-refractivity contribution in [1.82, 2.24) is 5.32 Å². The molecule has 4 nitrogen and oxygen atoms in total. The predicted octanol–water partition coefficient (Wildman–Crippen LogP) is 2.24. The normalized spacial score (nSPS) is 11.7. The largest absolute Gasteiger partial charge is 0.480 e. The molecule has 18 heavy (non-hydrogen) atoms. The zero-order chi connectivity index (χ0) is 13.7. The third-order valence-electron chi connectivity index (χ3n) is 2.18. The first-order chi connectivity index (χ1) is 8.45. The number of hydrogen-bond acceptors (Lipinski definition) is 2. The average Bonchev–Trinajstić information content (AvgIpc) is 2.27. The highest BCUT2D eigenvalue weighted by atomic mass is 35.5. The van der Waals surface area contributed by atoms with E-state index >= 15 is 0 Å². The van der Waals surface area contributed by atoms with Gasteiger partial charge >= 0.3 is 5.97 Å². The summed E-state index contributed by atoms with van der Waals surface area (Å²) in [6.07, 6.45) is 1.46. The molecule has 1 rings (SSSR count). The first kappa shape index (κ1) is 14.2. The van der Waals surface area contributed by atoms with Crippen LogP contribution in [0.5, 0.6) is 0 Å². The van der Waals surface area contributed by atoms with Gasteiger partial charge in [-0.05, 0) is 24.6 Å². The Kier molecular flexibility index (Phi) is 4.85. The molecule has 1 atom stereocenters. The minimum atomic E-state index is -1.18. The van der Waals surface area contributed by atoms with Gasteiger partial charge in [-0.1, -0.05) is 17.7 Å². The van der Waals surface area contributed by atoms with Crippen LogP contribution in [0.25, 0.3) is 0 Å². The molecule has 0 saturated heterocycles. The summed E-state index contributed by atoms with van der Waals surface area (Å²) in [5.74, 6) is -2.42. The van der Waals surface area contributed by atoms with E-state index in [-0.39, 0.29) is 17.0 Å². The molecular formula is C12H11ClFNO3. The Balaban J connectivity index is 2.86. The van der Waals surface area contributed by atoms with Crippen molar-refractivity contribution in [3.8, 4) is 0 Å². The fourth-order valence-corrected chi connectivity index (χ4v) is 1.55. The Labute approximate surface area is 108 Å². The van der Waals surface area contributed by atoms with Crippen LogP contribution in [0.15, 0.2) is 30.9 Å². The minimum Gasteiger partial charge on any atom is -0.480 e. The van der Waals surface area contributed by atoms with Crippen LogP contribution < -0.4 is 5.32 Å². The topological polar surface area (TPSA) is 66.4 Å². The smallest absolute Gasteiger partial charge is 0.326 e. The fourth-order valence-electron chi connectivity index (χ4n) is 1.30. The third kappa shape index (κ3) is 3.56. The number of halogens is 2. The van der Waals surface area contributed by atoms with Crippen molar-refractivity contribution in [1.29, 1.82) is 0 Å². The molecule has 0 aliphatic rings. The lowest BCUT2D eigenvalue weighted by Crippen LogP contribution is -2.40. The van der Waals surface area contributed by atoms with E-state index in [0.29, 0.717) is 0 Å². The summed E-state index contributed by atoms with van der Waals surface area (Å²) < 4.78 is 12.8. The number of carbonyl (C=O) groups is 2. The lowest BCUT2D eigenvalue weighted by atomic mass is 10.1. The van der Waals surface area contributed by atoms with Crippen molar-refractivity contribution in [3.05, 3.63) is 47.3 Å². The van der Waals surface area contributed by atoms with E-state index in [4.69, 9.17) is 16.7 Å². The van der Waals surface area contributed by atoms with E-state index in [2.05, 4.69) is 11.9 Å². The maximum Gasteiger partial charge on any atom is 0.326 e. The average molecular weight is 272 g/mol. The first-order valence-electron chi connectivity index (χ1n) is 5.05. The van der Waals surface area contributed by atoms with Gasteiger partial charge in [-0.25, -0.2) is 9.18 Å². The Morgan fingerprint density at radius 2 is 2.22 bits per heavy atom. The van der Waals surface area contributed by atoms with Gasteiger partial charge < -0.3 is 10.4 Å². The van der Waals surface area contributed by atoms with Crippen LogP contribution in [0.2, 0.25) is 5.02 Å². The van der Waals surface area contributed by atoms with Crippen LogP contribution in [0.3, 0.4) is 0 Å². The lowest BCUT2D eigenvalue weighted by Gasteiger charge is -2.13. The van der Waals surface area contributed by atoms with Crippen molar-refractivity contribution in [3.63, 3.8) is 0 Å². The van der Waals surface area contributed by atoms with Crippen LogP contribution in [0, 0.1) is 5.82 Å². The van der Waals surface area contributed by atoms with Gasteiger partial charge in [0.2, 0.25) is 0 Å². The molecule has 1 unspecified atom stereocenters. The van der Waals surface area contributed by atoms with Crippen LogP contribution in [-0.4, -0.2) is 23.0 Å². The van der Waals surface area contributed by atoms with Crippen molar-refractivity contribution < 1.29 is 19.1 Å². The van der Waals surface area contributed by atoms with Crippen molar-refractivity contribution >= 4 is 23.5 Å². The second-order valence-electron chi connectivity index (χ2n) is 3.51. The molecule has 0 aliphatic heterocycles. The molecule has 1 amide bonds. The summed E-state index contributed by atoms with van der Waals surface area (Å²) in [7, 11) is 0. The monoisotopic (exact) mass is 271 g/mol. The molecule has 0 saturated carbocycles. The summed E-state index contributed by atoms with van der Waals surface area (Å²) in [4.78, 5) is 22.6. The molecule has 0 aromatic heterocycles. The highest BCUT2D eigenvalue weighted by Gasteiger charge is 2.20. The number of aliphatic carboxylic acids is 1. The standard InChI is InChI=1S/C12H11ClFNO3/c1-2-3-10(12(17)18)15-11(16)8-5-4-7(14)6-9(8)13/h2,4-6,10H,1,3H2,(H,15,16)(H,17,18). The molecule has 0 spiro atoms. The molecule has 1 aromatic rings. The van der Waals surface area contributed by atoms with Crippen molar-refractivity contribution in [2.45, 2.75) is 12.5 Å². The Morgan fingerprint density at radius 1 is 1.56 bits per heavy atom. The number of amides is 1. The van der Waals surface area contributed by atoms with Crippen LogP contribution in [0.1, 0.15) is 16.8 Å². The molecule has 0 aliphatic carbocycles. The second-order valence-corrected chi connectivity index (χ2v) is 3.92. The summed E-state index contributed by atoms with van der Waals surface area (Å²) >= 11 is 5.70. The van der Waals surface area contributed by atoms with E-state index in [0.717, 1.165) is 12.1 Å². The SMILES string of the molecule is C=CCC(NC(=O)c1ccc(F)cc1Cl)C(=O)O. The van der Waals surface area contributed by atoms with Gasteiger partial charge in [0.15, 0.2) is 0 Å². The zero-order valence-electron chi connectivity index (χ0n) is 9.32. The van der Waals surface area contributed by atoms with Gasteiger partial charge in [-0.2, -0.15) is 0 Å². The zero-order valence-corrected chi connectivity index (χ0v) is 10.1. The molecule has 96 valence electrons. The number of carboxylic acids is 1. The predicted molar refractivity (Wildman–Crippen MR) is 65.1 cm³/mol. The molecule has 0 heterocycles. The third-order valence-corrected chi connectivity index (χ3v) is 2.49. The summed E-state index contributed by atoms with van der Waals surface area (Å²) in [6.45, 7) is 3.40. The Morgan fingerprint density at radius 3 is 2.72 bits per heavy atom. The van der Waals surface area contributed by atoms with Crippen molar-refractivity contribution in [2.24, 2.45) is 0 Å². The van der Waals surface area contributed by atoms with Gasteiger partial charge in [0.1, 0.15) is 11.9 Å². The summed E-state index contributed by atoms with van der Waals surface area (Å²) in [5, 5.41) is 11.1. The molecule has 6 heteroatoms. The lowest BCUT2D eigenvalue weighted by molar-refractivity contribution is -0.139. The Hall–Kier alpha value is -1.88. The van der Waals surface area contributed by atoms with E-state index in [1.54, 1.807) is 0 Å². The number of benzene rings is 1. The molecule has 1 aromatic carbocycles. The van der Waals surface area contributed by atoms with Crippen LogP contribution in [0.4, 0.5) is 4.39 Å². The second kappa shape index (κ2) is 6.16. The maximum absolute atomic E-state index is 12.8. The van der Waals surface area contributed by atoms with E-state index in [1.807, 2.05) is 0 Å². The highest BCUT2D eigenvalue weighted by molar-refractivity contribution is 6.33. The van der Waals surface area contributed by atoms with E-state index in [1.165, 1.54) is 12.1 Å². The van der Waals surface area contributed by atoms with E-state index < -0.39 is 23.7 Å². The molecular weight excluding hydrogens is 261 g/mol. The summed E-state index contributed by atoms with van der Waals surface area (Å²) in [6, 6.07) is 2.17. The van der Waals surface area contributed by atoms with Gasteiger partial charge in [-0.3, -0.25) is 4.79 Å². The quantitative estimate of drug-likeness (QED) is 0.807. The molecule has 2 N–H and O–H groups in total. The van der Waals surface area contributed by atoms with Crippen molar-refractivity contribution in [2.75, 3.05) is 0 Å². The van der Waals surface area contributed by atoms with Crippen LogP contribution in [-0.2, 0) is 4.79 Å². The fraction of sp³-hybridized carbons (Fsp3) is 0.167. The van der Waals surface area contributed by atoms with Crippen LogP contribution >= 0.6 is 11.6 Å². The van der Waals surface area contributed by atoms with Gasteiger partial charge in [-0.15, -0.1) is 6.58 Å². The minimum absolute atomic E-state index is 0.0216. The van der Waals surface area contributed by atoms with E-state index in [9.17, 15) is 14.0 Å². The molecule has 0 bridgehead atoms. The number of carboxylic acid groups (broad SMARTS) is 1. The number of carbonyl (C=O) groups excluding carboxylic acids is 1. The maximum atomic E-state index is 12.8. The Bertz CT molecular complexity index is 490. The van der Waals surface area contributed by atoms with Gasteiger partial charge in [0.05, 0.1) is 10.6 Å². The number of rotatable bonds is 5. The highest BCUT2D eigenvalue weighted by Crippen LogP contribution is 2.17. The first-order valence-corrected chi connectivity index (χ1v) is 5.43. The van der Waals surface area contributed by atoms with Gasteiger partial charge in [0, 0.05) is 0 Å².